The third-order valence-corrected chi connectivity index (χ3v) is 3.90. The van der Waals surface area contributed by atoms with Gasteiger partial charge in [-0.05, 0) is 42.2 Å². The van der Waals surface area contributed by atoms with Crippen molar-refractivity contribution in [2.45, 2.75) is 19.3 Å². The summed E-state index contributed by atoms with van der Waals surface area (Å²) in [7, 11) is 0. The number of aliphatic hydroxyl groups is 1. The van der Waals surface area contributed by atoms with E-state index < -0.39 is 0 Å². The van der Waals surface area contributed by atoms with E-state index in [2.05, 4.69) is 5.32 Å². The number of aliphatic hydroxyl groups excluding tert-OH is 1. The highest BCUT2D eigenvalue weighted by Crippen LogP contribution is 2.18. The first-order valence-electron chi connectivity index (χ1n) is 7.98. The molecular formula is C20H22FNO2. The summed E-state index contributed by atoms with van der Waals surface area (Å²) in [5.74, 6) is -0.494. The minimum Gasteiger partial charge on any atom is -0.396 e. The van der Waals surface area contributed by atoms with Gasteiger partial charge in [-0.25, -0.2) is 4.39 Å². The Morgan fingerprint density at radius 3 is 2.62 bits per heavy atom. The van der Waals surface area contributed by atoms with E-state index in [0.29, 0.717) is 24.1 Å². The molecular weight excluding hydrogens is 305 g/mol. The molecule has 0 aliphatic heterocycles. The van der Waals surface area contributed by atoms with Crippen LogP contribution in [0.4, 0.5) is 4.39 Å². The van der Waals surface area contributed by atoms with Gasteiger partial charge in [-0.3, -0.25) is 4.79 Å². The molecule has 0 aliphatic rings. The highest BCUT2D eigenvalue weighted by atomic mass is 19.1. The molecule has 126 valence electrons. The van der Waals surface area contributed by atoms with Crippen LogP contribution in [-0.4, -0.2) is 24.2 Å². The summed E-state index contributed by atoms with van der Waals surface area (Å²) in [5.41, 5.74) is 2.46. The zero-order valence-corrected chi connectivity index (χ0v) is 13.7. The Morgan fingerprint density at radius 1 is 1.21 bits per heavy atom. The van der Waals surface area contributed by atoms with E-state index in [-0.39, 0.29) is 24.2 Å². The fourth-order valence-electron chi connectivity index (χ4n) is 2.56. The number of amides is 1. The zero-order chi connectivity index (χ0) is 17.4. The second kappa shape index (κ2) is 8.99. The Bertz CT molecular complexity index is 698. The maximum Gasteiger partial charge on any atom is 0.244 e. The monoisotopic (exact) mass is 327 g/mol. The highest BCUT2D eigenvalue weighted by Gasteiger charge is 2.12. The summed E-state index contributed by atoms with van der Waals surface area (Å²) < 4.78 is 13.2. The van der Waals surface area contributed by atoms with E-state index in [1.54, 1.807) is 19.1 Å². The molecule has 1 amide bonds. The van der Waals surface area contributed by atoms with Crippen molar-refractivity contribution in [2.75, 3.05) is 13.2 Å². The molecule has 2 aromatic carbocycles. The van der Waals surface area contributed by atoms with E-state index in [9.17, 15) is 14.3 Å². The minimum atomic E-state index is -0.326. The lowest BCUT2D eigenvalue weighted by molar-refractivity contribution is -0.116. The maximum atomic E-state index is 13.2. The third-order valence-electron chi connectivity index (χ3n) is 3.90. The lowest BCUT2D eigenvalue weighted by Crippen LogP contribution is -2.27. The molecule has 0 aromatic heterocycles. The molecule has 0 saturated heterocycles. The predicted molar refractivity (Wildman–Crippen MR) is 93.9 cm³/mol. The van der Waals surface area contributed by atoms with Gasteiger partial charge in [0.05, 0.1) is 0 Å². The van der Waals surface area contributed by atoms with E-state index in [1.165, 1.54) is 18.2 Å². The lowest BCUT2D eigenvalue weighted by atomic mass is 9.96. The summed E-state index contributed by atoms with van der Waals surface area (Å²) in [6, 6.07) is 15.9. The second-order valence-corrected chi connectivity index (χ2v) is 5.70. The van der Waals surface area contributed by atoms with E-state index in [0.717, 1.165) is 5.56 Å². The first kappa shape index (κ1) is 17.9. The quantitative estimate of drug-likeness (QED) is 0.765. The Hall–Kier alpha value is -2.46. The SMILES string of the molecule is C/C(=C/C(=O)NCC(CCO)c1ccccc1)c1cccc(F)c1. The van der Waals surface area contributed by atoms with Gasteiger partial charge in [0.2, 0.25) is 5.91 Å². The summed E-state index contributed by atoms with van der Waals surface area (Å²) >= 11 is 0. The molecule has 0 aliphatic carbocycles. The molecule has 1 unspecified atom stereocenters. The molecule has 0 heterocycles. The molecule has 2 rings (SSSR count). The second-order valence-electron chi connectivity index (χ2n) is 5.70. The molecule has 2 N–H and O–H groups in total. The van der Waals surface area contributed by atoms with Gasteiger partial charge in [-0.15, -0.1) is 0 Å². The standard InChI is InChI=1S/C20H22FNO2/c1-15(17-8-5-9-19(21)13-17)12-20(24)22-14-18(10-11-23)16-6-3-2-4-7-16/h2-9,12-13,18,23H,10-11,14H2,1H3,(H,22,24)/b15-12-. The van der Waals surface area contributed by atoms with Gasteiger partial charge in [0, 0.05) is 25.1 Å². The first-order chi connectivity index (χ1) is 11.6. The summed E-state index contributed by atoms with van der Waals surface area (Å²) in [4.78, 5) is 12.1. The molecule has 0 fully saturated rings. The number of hydrogen-bond acceptors (Lipinski definition) is 2. The number of carbonyl (C=O) groups is 1. The van der Waals surface area contributed by atoms with Gasteiger partial charge in [0.25, 0.3) is 0 Å². The summed E-state index contributed by atoms with van der Waals surface area (Å²) in [6.45, 7) is 2.28. The van der Waals surface area contributed by atoms with Crippen LogP contribution in [0.25, 0.3) is 5.57 Å². The zero-order valence-electron chi connectivity index (χ0n) is 13.7. The number of nitrogens with one attached hydrogen (secondary N) is 1. The van der Waals surface area contributed by atoms with Crippen LogP contribution in [-0.2, 0) is 4.79 Å². The number of hydrogen-bond donors (Lipinski definition) is 2. The van der Waals surface area contributed by atoms with Gasteiger partial charge < -0.3 is 10.4 Å². The highest BCUT2D eigenvalue weighted by molar-refractivity contribution is 5.94. The molecule has 1 atom stereocenters. The first-order valence-corrected chi connectivity index (χ1v) is 7.98. The Morgan fingerprint density at radius 2 is 1.96 bits per heavy atom. The van der Waals surface area contributed by atoms with Crippen molar-refractivity contribution in [1.82, 2.24) is 5.32 Å². The van der Waals surface area contributed by atoms with Gasteiger partial charge in [0.1, 0.15) is 5.82 Å². The van der Waals surface area contributed by atoms with Crippen molar-refractivity contribution >= 4 is 11.5 Å². The topological polar surface area (TPSA) is 49.3 Å². The molecule has 0 radical (unpaired) electrons. The Balaban J connectivity index is 1.99. The van der Waals surface area contributed by atoms with E-state index in [4.69, 9.17) is 0 Å². The average molecular weight is 327 g/mol. The smallest absolute Gasteiger partial charge is 0.244 e. The van der Waals surface area contributed by atoms with Crippen molar-refractivity contribution in [2.24, 2.45) is 0 Å². The molecule has 2 aromatic rings. The van der Waals surface area contributed by atoms with E-state index >= 15 is 0 Å². The average Bonchev–Trinajstić information content (AvgIpc) is 2.59. The van der Waals surface area contributed by atoms with Crippen molar-refractivity contribution in [3.63, 3.8) is 0 Å². The Labute approximate surface area is 141 Å². The van der Waals surface area contributed by atoms with E-state index in [1.807, 2.05) is 30.3 Å². The van der Waals surface area contributed by atoms with Crippen LogP contribution in [0.1, 0.15) is 30.4 Å². The Kier molecular flexibility index (Phi) is 6.70. The van der Waals surface area contributed by atoms with Crippen LogP contribution in [0.15, 0.2) is 60.7 Å². The van der Waals surface area contributed by atoms with Crippen LogP contribution in [0.3, 0.4) is 0 Å². The maximum absolute atomic E-state index is 13.2. The number of benzene rings is 2. The van der Waals surface area contributed by atoms with Gasteiger partial charge in [-0.1, -0.05) is 42.5 Å². The summed E-state index contributed by atoms with van der Waals surface area (Å²) in [5, 5.41) is 12.1. The normalized spacial score (nSPS) is 12.7. The molecule has 24 heavy (non-hydrogen) atoms. The molecule has 4 heteroatoms. The van der Waals surface area contributed by atoms with Gasteiger partial charge in [-0.2, -0.15) is 0 Å². The van der Waals surface area contributed by atoms with Crippen LogP contribution in [0.2, 0.25) is 0 Å². The van der Waals surface area contributed by atoms with Crippen molar-refractivity contribution in [3.05, 3.63) is 77.6 Å². The molecule has 3 nitrogen and oxygen atoms in total. The van der Waals surface area contributed by atoms with Crippen LogP contribution in [0.5, 0.6) is 0 Å². The van der Waals surface area contributed by atoms with Gasteiger partial charge in [0.15, 0.2) is 0 Å². The van der Waals surface area contributed by atoms with Gasteiger partial charge >= 0.3 is 0 Å². The van der Waals surface area contributed by atoms with Crippen LogP contribution >= 0.6 is 0 Å². The van der Waals surface area contributed by atoms with Crippen LogP contribution in [0, 0.1) is 5.82 Å². The van der Waals surface area contributed by atoms with Crippen molar-refractivity contribution in [1.29, 1.82) is 0 Å². The number of halogens is 1. The largest absolute Gasteiger partial charge is 0.396 e. The number of carbonyl (C=O) groups excluding carboxylic acids is 1. The number of rotatable bonds is 7. The fourth-order valence-corrected chi connectivity index (χ4v) is 2.56. The van der Waals surface area contributed by atoms with Crippen molar-refractivity contribution < 1.29 is 14.3 Å². The predicted octanol–water partition coefficient (Wildman–Crippen LogP) is 3.51. The van der Waals surface area contributed by atoms with Crippen LogP contribution < -0.4 is 5.32 Å². The summed E-state index contributed by atoms with van der Waals surface area (Å²) in [6.07, 6.45) is 2.05. The van der Waals surface area contributed by atoms with Crippen molar-refractivity contribution in [3.8, 4) is 0 Å². The molecule has 0 spiro atoms. The third kappa shape index (κ3) is 5.32. The lowest BCUT2D eigenvalue weighted by Gasteiger charge is -2.16. The number of allylic oxidation sites excluding steroid dienone is 1. The molecule has 0 bridgehead atoms. The molecule has 0 saturated carbocycles. The fraction of sp³-hybridized carbons (Fsp3) is 0.250. The minimum absolute atomic E-state index is 0.0584.